The largest absolute Gasteiger partial charge is 0.450 e. The highest BCUT2D eigenvalue weighted by Crippen LogP contribution is 2.63. The first-order valence-corrected chi connectivity index (χ1v) is 11.8. The lowest BCUT2D eigenvalue weighted by Crippen LogP contribution is -2.21. The highest BCUT2D eigenvalue weighted by Gasteiger charge is 2.50. The van der Waals surface area contributed by atoms with Gasteiger partial charge in [0, 0.05) is 51.9 Å². The van der Waals surface area contributed by atoms with Crippen LogP contribution in [-0.4, -0.2) is 65.3 Å². The number of benzene rings is 2. The third-order valence-electron chi connectivity index (χ3n) is 5.22. The lowest BCUT2D eigenvalue weighted by atomic mass is 10.1. The summed E-state index contributed by atoms with van der Waals surface area (Å²) in [4.78, 5) is 24.7. The Morgan fingerprint density at radius 1 is 1.12 bits per heavy atom. The van der Waals surface area contributed by atoms with Crippen LogP contribution in [0.1, 0.15) is 36.4 Å². The Balaban J connectivity index is 0.00000306. The van der Waals surface area contributed by atoms with Crippen LogP contribution in [0.3, 0.4) is 0 Å². The van der Waals surface area contributed by atoms with Gasteiger partial charge in [-0.25, -0.2) is 9.34 Å². The molecule has 33 heavy (non-hydrogen) atoms. The first kappa shape index (κ1) is 24.9. The number of nitrogens with zero attached hydrogens (tertiary/aromatic N) is 4. The van der Waals surface area contributed by atoms with E-state index in [1.807, 2.05) is 9.34 Å². The molecule has 0 bridgehead atoms. The van der Waals surface area contributed by atoms with E-state index >= 15 is 0 Å². The van der Waals surface area contributed by atoms with Crippen molar-refractivity contribution in [2.45, 2.75) is 20.5 Å². The predicted molar refractivity (Wildman–Crippen MR) is 125 cm³/mol. The number of hydrogen-bond acceptors (Lipinski definition) is 6. The monoisotopic (exact) mass is 476 g/mol. The minimum atomic E-state index is -3.05. The number of rotatable bonds is 9. The van der Waals surface area contributed by atoms with Crippen LogP contribution < -0.4 is 4.74 Å². The molecule has 0 spiro atoms. The maximum atomic E-state index is 13.3. The molecule has 0 radical (unpaired) electrons. The van der Waals surface area contributed by atoms with Crippen molar-refractivity contribution in [1.29, 1.82) is 0 Å². The zero-order valence-corrected chi connectivity index (χ0v) is 19.0. The molecule has 0 aromatic heterocycles. The Morgan fingerprint density at radius 2 is 1.76 bits per heavy atom. The highest BCUT2D eigenvalue weighted by molar-refractivity contribution is 7.54. The third kappa shape index (κ3) is 5.42. The topological polar surface area (TPSA) is 105 Å². The fraction of sp³-hybridized carbons (Fsp3) is 0.409. The number of ether oxygens (including phenoxy) is 1. The van der Waals surface area contributed by atoms with Crippen LogP contribution in [-0.2, 0) is 9.09 Å². The Bertz CT molecular complexity index is 1080. The Hall–Kier alpha value is -2.78. The van der Waals surface area contributed by atoms with Crippen molar-refractivity contribution < 1.29 is 23.5 Å². The molecule has 178 valence electrons. The maximum absolute atomic E-state index is 13.3. The van der Waals surface area contributed by atoms with Crippen molar-refractivity contribution in [2.24, 2.45) is 0 Å². The zero-order valence-electron chi connectivity index (χ0n) is 18.1. The molecule has 0 aliphatic carbocycles. The highest BCUT2D eigenvalue weighted by atomic mass is 31.2. The van der Waals surface area contributed by atoms with E-state index in [0.29, 0.717) is 16.9 Å². The second kappa shape index (κ2) is 9.61. The molecule has 2 saturated heterocycles. The number of hydrogen-bond donors (Lipinski definition) is 0. The summed E-state index contributed by atoms with van der Waals surface area (Å²) in [6.07, 6.45) is -0.563. The summed E-state index contributed by atoms with van der Waals surface area (Å²) in [6, 6.07) is 10.9. The van der Waals surface area contributed by atoms with Crippen LogP contribution in [0.15, 0.2) is 42.5 Å². The molecule has 2 aliphatic rings. The molecule has 2 aliphatic heterocycles. The standard InChI is InChI=1S/C21H25N4O6P.CH4/c1-15(31-32(29,23-9-10-23)24-11-12-24)16-7-8-19(25(27)28)20(14-16)30-18-6-4-5-17(13-18)21(26)22(2)3;/h4-8,13-15H,9-12H2,1-3H3;1H4/t15-;/m0./s1. The number of carbonyl (C=O) groups is 1. The van der Waals surface area contributed by atoms with Crippen LogP contribution in [0.25, 0.3) is 0 Å². The lowest BCUT2D eigenvalue weighted by Gasteiger charge is -2.24. The number of amides is 1. The molecule has 11 heteroatoms. The van der Waals surface area contributed by atoms with E-state index in [9.17, 15) is 19.5 Å². The van der Waals surface area contributed by atoms with E-state index in [1.165, 1.54) is 23.1 Å². The molecular formula is C22H29N4O6P. The summed E-state index contributed by atoms with van der Waals surface area (Å²) in [5, 5.41) is 11.6. The van der Waals surface area contributed by atoms with Crippen molar-refractivity contribution in [2.75, 3.05) is 40.3 Å². The molecule has 0 N–H and O–H groups in total. The van der Waals surface area contributed by atoms with Gasteiger partial charge < -0.3 is 9.64 Å². The van der Waals surface area contributed by atoms with Gasteiger partial charge in [0.2, 0.25) is 5.75 Å². The molecule has 1 atom stereocenters. The van der Waals surface area contributed by atoms with E-state index < -0.39 is 18.7 Å². The van der Waals surface area contributed by atoms with E-state index in [4.69, 9.17) is 9.26 Å². The van der Waals surface area contributed by atoms with Crippen LogP contribution in [0.2, 0.25) is 0 Å². The van der Waals surface area contributed by atoms with Gasteiger partial charge in [0.25, 0.3) is 5.91 Å². The van der Waals surface area contributed by atoms with Crippen LogP contribution in [0.5, 0.6) is 11.5 Å². The first-order chi connectivity index (χ1) is 15.2. The maximum Gasteiger partial charge on any atom is 0.346 e. The molecule has 10 nitrogen and oxygen atoms in total. The van der Waals surface area contributed by atoms with Crippen LogP contribution in [0.4, 0.5) is 5.69 Å². The second-order valence-electron chi connectivity index (χ2n) is 7.96. The summed E-state index contributed by atoms with van der Waals surface area (Å²) in [7, 11) is 0.227. The Kier molecular flexibility index (Phi) is 7.23. The molecule has 2 aromatic carbocycles. The summed E-state index contributed by atoms with van der Waals surface area (Å²) in [5.41, 5.74) is 0.793. The molecule has 2 heterocycles. The quantitative estimate of drug-likeness (QED) is 0.225. The summed E-state index contributed by atoms with van der Waals surface area (Å²) < 4.78 is 28.7. The van der Waals surface area contributed by atoms with E-state index in [1.54, 1.807) is 45.3 Å². The van der Waals surface area contributed by atoms with Gasteiger partial charge in [-0.2, -0.15) is 0 Å². The van der Waals surface area contributed by atoms with Crippen molar-refractivity contribution in [3.8, 4) is 11.5 Å². The van der Waals surface area contributed by atoms with Crippen LogP contribution in [0, 0.1) is 10.1 Å². The Morgan fingerprint density at radius 3 is 2.30 bits per heavy atom. The summed E-state index contributed by atoms with van der Waals surface area (Å²) >= 11 is 0. The molecule has 2 fully saturated rings. The second-order valence-corrected chi connectivity index (χ2v) is 10.3. The van der Waals surface area contributed by atoms with Gasteiger partial charge in [-0.05, 0) is 42.8 Å². The van der Waals surface area contributed by atoms with Crippen molar-refractivity contribution in [3.63, 3.8) is 0 Å². The minimum absolute atomic E-state index is 0. The fourth-order valence-electron chi connectivity index (χ4n) is 3.27. The van der Waals surface area contributed by atoms with Gasteiger partial charge in [0.1, 0.15) is 5.75 Å². The van der Waals surface area contributed by atoms with Gasteiger partial charge >= 0.3 is 13.4 Å². The third-order valence-corrected chi connectivity index (χ3v) is 8.04. The zero-order chi connectivity index (χ0) is 23.0. The summed E-state index contributed by atoms with van der Waals surface area (Å²) in [6.45, 7) is 4.70. The first-order valence-electron chi connectivity index (χ1n) is 10.3. The van der Waals surface area contributed by atoms with Gasteiger partial charge in [0.05, 0.1) is 11.0 Å². The van der Waals surface area contributed by atoms with Gasteiger partial charge in [-0.1, -0.05) is 13.5 Å². The normalized spacial score (nSPS) is 16.5. The smallest absolute Gasteiger partial charge is 0.346 e. The predicted octanol–water partition coefficient (Wildman–Crippen LogP) is 4.54. The SMILES string of the molecule is C.C[C@H](OP(=O)(N1CC1)N1CC1)c1ccc([N+](=O)[O-])c(Oc2cccc(C(=O)N(C)C)c2)c1. The number of nitro groups is 1. The Labute approximate surface area is 193 Å². The average molecular weight is 476 g/mol. The average Bonchev–Trinajstić information content (AvgIpc) is 3.65. The van der Waals surface area contributed by atoms with Crippen molar-refractivity contribution in [3.05, 3.63) is 63.7 Å². The lowest BCUT2D eigenvalue weighted by molar-refractivity contribution is -0.385. The van der Waals surface area contributed by atoms with E-state index in [2.05, 4.69) is 0 Å². The summed E-state index contributed by atoms with van der Waals surface area (Å²) in [5.74, 6) is 0.109. The molecule has 2 aromatic rings. The number of carbonyl (C=O) groups excluding carboxylic acids is 1. The van der Waals surface area contributed by atoms with Gasteiger partial charge in [-0.15, -0.1) is 0 Å². The van der Waals surface area contributed by atoms with Gasteiger partial charge in [-0.3, -0.25) is 24.0 Å². The van der Waals surface area contributed by atoms with E-state index in [0.717, 1.165) is 26.2 Å². The molecule has 0 unspecified atom stereocenters. The van der Waals surface area contributed by atoms with Crippen molar-refractivity contribution in [1.82, 2.24) is 14.2 Å². The molecule has 4 rings (SSSR count). The molecule has 0 saturated carbocycles. The van der Waals surface area contributed by atoms with Crippen molar-refractivity contribution >= 4 is 19.3 Å². The van der Waals surface area contributed by atoms with E-state index in [-0.39, 0.29) is 24.8 Å². The van der Waals surface area contributed by atoms with Gasteiger partial charge in [0.15, 0.2) is 0 Å². The minimum Gasteiger partial charge on any atom is -0.450 e. The van der Waals surface area contributed by atoms with Crippen LogP contribution >= 0.6 is 7.67 Å². The molecule has 1 amide bonds. The molecular weight excluding hydrogens is 447 g/mol. The number of nitro benzene ring substituents is 1. The fourth-order valence-corrected chi connectivity index (χ4v) is 5.62.